The molecule has 1 aliphatic rings. The molecule has 29 heavy (non-hydrogen) atoms. The molecule has 0 atom stereocenters. The van der Waals surface area contributed by atoms with Crippen molar-refractivity contribution < 1.29 is 9.90 Å². The zero-order valence-electron chi connectivity index (χ0n) is 17.3. The summed E-state index contributed by atoms with van der Waals surface area (Å²) in [6.07, 6.45) is 1.57. The highest BCUT2D eigenvalue weighted by molar-refractivity contribution is 6.24. The summed E-state index contributed by atoms with van der Waals surface area (Å²) in [5.41, 5.74) is 19.4. The van der Waals surface area contributed by atoms with E-state index in [4.69, 9.17) is 11.5 Å². The summed E-state index contributed by atoms with van der Waals surface area (Å²) < 4.78 is 0. The van der Waals surface area contributed by atoms with Crippen LogP contribution in [-0.4, -0.2) is 16.6 Å². The quantitative estimate of drug-likeness (QED) is 0.453. The third-order valence-corrected chi connectivity index (χ3v) is 5.60. The Morgan fingerprint density at radius 2 is 1.45 bits per heavy atom. The Balaban J connectivity index is 2.07. The average molecular weight is 390 g/mol. The zero-order chi connectivity index (χ0) is 21.5. The maximum atomic E-state index is 12.7. The van der Waals surface area contributed by atoms with Crippen LogP contribution in [0.25, 0.3) is 0 Å². The standard InChI is InChI=1S/C23H26N4O2/c1-11-13(3)18(8-6-16(11)24)26-20-10-21(23(29)15(5)22(20)28)27-19-9-7-17(25)12(2)14(19)4/h6-10,26,29H,24-25H2,1-5H3/b27-21-. The molecule has 0 saturated carbocycles. The number of nitrogens with one attached hydrogen (secondary N) is 1. The smallest absolute Gasteiger partial charge is 0.208 e. The summed E-state index contributed by atoms with van der Waals surface area (Å²) in [6.45, 7) is 9.31. The first-order valence-corrected chi connectivity index (χ1v) is 9.35. The van der Waals surface area contributed by atoms with Gasteiger partial charge in [-0.15, -0.1) is 0 Å². The van der Waals surface area contributed by atoms with Gasteiger partial charge in [-0.25, -0.2) is 4.99 Å². The number of Topliss-reactive ketones (excluding diaryl/α,β-unsaturated/α-hetero) is 1. The summed E-state index contributed by atoms with van der Waals surface area (Å²) in [7, 11) is 0. The third-order valence-electron chi connectivity index (χ3n) is 5.60. The maximum Gasteiger partial charge on any atom is 0.208 e. The van der Waals surface area contributed by atoms with Crippen molar-refractivity contribution in [1.29, 1.82) is 0 Å². The lowest BCUT2D eigenvalue weighted by molar-refractivity contribution is -0.112. The number of ketones is 1. The largest absolute Gasteiger partial charge is 0.505 e. The highest BCUT2D eigenvalue weighted by atomic mass is 16.3. The molecule has 0 unspecified atom stereocenters. The van der Waals surface area contributed by atoms with E-state index in [0.29, 0.717) is 28.5 Å². The van der Waals surface area contributed by atoms with E-state index in [1.165, 1.54) is 0 Å². The summed E-state index contributed by atoms with van der Waals surface area (Å²) in [5.74, 6) is -0.403. The van der Waals surface area contributed by atoms with Gasteiger partial charge in [-0.3, -0.25) is 4.79 Å². The lowest BCUT2D eigenvalue weighted by atomic mass is 9.98. The molecule has 0 bridgehead atoms. The van der Waals surface area contributed by atoms with E-state index in [9.17, 15) is 9.90 Å². The zero-order valence-corrected chi connectivity index (χ0v) is 17.3. The number of nitrogens with zero attached hydrogens (tertiary/aromatic N) is 1. The van der Waals surface area contributed by atoms with Gasteiger partial charge in [0.05, 0.1) is 11.4 Å². The van der Waals surface area contributed by atoms with Crippen molar-refractivity contribution >= 4 is 34.2 Å². The molecule has 2 aromatic carbocycles. The highest BCUT2D eigenvalue weighted by Gasteiger charge is 2.25. The van der Waals surface area contributed by atoms with E-state index < -0.39 is 0 Å². The van der Waals surface area contributed by atoms with Crippen LogP contribution in [0.5, 0.6) is 0 Å². The Morgan fingerprint density at radius 3 is 2.10 bits per heavy atom. The monoisotopic (exact) mass is 390 g/mol. The predicted molar refractivity (Wildman–Crippen MR) is 120 cm³/mol. The molecule has 6 N–H and O–H groups in total. The van der Waals surface area contributed by atoms with Crippen LogP contribution in [0.4, 0.5) is 22.7 Å². The van der Waals surface area contributed by atoms with E-state index in [0.717, 1.165) is 27.9 Å². The van der Waals surface area contributed by atoms with E-state index in [-0.39, 0.29) is 17.1 Å². The van der Waals surface area contributed by atoms with Crippen LogP contribution >= 0.6 is 0 Å². The van der Waals surface area contributed by atoms with Crippen LogP contribution in [-0.2, 0) is 4.79 Å². The number of hydrogen-bond donors (Lipinski definition) is 4. The maximum absolute atomic E-state index is 12.7. The Kier molecular flexibility index (Phi) is 5.20. The molecular weight excluding hydrogens is 364 g/mol. The van der Waals surface area contributed by atoms with Gasteiger partial charge in [0.2, 0.25) is 5.78 Å². The molecule has 0 fully saturated rings. The van der Waals surface area contributed by atoms with Gasteiger partial charge in [0.15, 0.2) is 0 Å². The first-order valence-electron chi connectivity index (χ1n) is 9.35. The fraction of sp³-hybridized carbons (Fsp3) is 0.217. The lowest BCUT2D eigenvalue weighted by Crippen LogP contribution is -2.22. The minimum atomic E-state index is -0.277. The number of anilines is 3. The Bertz CT molecular complexity index is 1120. The molecule has 3 rings (SSSR count). The number of carbonyl (C=O) groups is 1. The number of hydrogen-bond acceptors (Lipinski definition) is 6. The topological polar surface area (TPSA) is 114 Å². The van der Waals surface area contributed by atoms with Crippen molar-refractivity contribution in [2.75, 3.05) is 16.8 Å². The van der Waals surface area contributed by atoms with Crippen molar-refractivity contribution in [3.8, 4) is 0 Å². The minimum absolute atomic E-state index is 0.125. The van der Waals surface area contributed by atoms with Gasteiger partial charge in [-0.1, -0.05) is 0 Å². The predicted octanol–water partition coefficient (Wildman–Crippen LogP) is 4.57. The number of nitrogens with two attached hydrogens (primary N) is 2. The second-order valence-electron chi connectivity index (χ2n) is 7.36. The number of aliphatic hydroxyl groups excluding tert-OH is 1. The molecule has 2 aromatic rings. The molecule has 0 spiro atoms. The van der Waals surface area contributed by atoms with Gasteiger partial charge < -0.3 is 21.9 Å². The number of aliphatic imine (C=N–C) groups is 1. The second kappa shape index (κ2) is 7.47. The van der Waals surface area contributed by atoms with Crippen LogP contribution in [0, 0.1) is 27.7 Å². The van der Waals surface area contributed by atoms with Crippen LogP contribution < -0.4 is 16.8 Å². The van der Waals surface area contributed by atoms with Crippen LogP contribution in [0.2, 0.25) is 0 Å². The van der Waals surface area contributed by atoms with Crippen LogP contribution in [0.15, 0.2) is 52.4 Å². The molecule has 150 valence electrons. The Labute approximate surface area is 170 Å². The highest BCUT2D eigenvalue weighted by Crippen LogP contribution is 2.30. The Morgan fingerprint density at radius 1 is 0.862 bits per heavy atom. The summed E-state index contributed by atoms with van der Waals surface area (Å²) >= 11 is 0. The number of benzene rings is 2. The third kappa shape index (κ3) is 3.61. The Hall–Kier alpha value is -3.54. The molecule has 0 aliphatic heterocycles. The SMILES string of the molecule is CC1=C(O)/C(=N\c2ccc(N)c(C)c2C)C=C(Nc2ccc(N)c(C)c2C)C1=O. The van der Waals surface area contributed by atoms with Crippen molar-refractivity contribution in [2.45, 2.75) is 34.6 Å². The van der Waals surface area contributed by atoms with Crippen molar-refractivity contribution in [1.82, 2.24) is 0 Å². The molecular formula is C23H26N4O2. The average Bonchev–Trinajstić information content (AvgIpc) is 2.70. The molecule has 0 radical (unpaired) electrons. The van der Waals surface area contributed by atoms with Gasteiger partial charge in [0, 0.05) is 22.6 Å². The number of aliphatic hydroxyl groups is 1. The minimum Gasteiger partial charge on any atom is -0.505 e. The number of rotatable bonds is 3. The van der Waals surface area contributed by atoms with E-state index in [1.54, 1.807) is 31.2 Å². The van der Waals surface area contributed by atoms with Crippen LogP contribution in [0.1, 0.15) is 29.2 Å². The van der Waals surface area contributed by atoms with Crippen molar-refractivity contribution in [3.05, 3.63) is 69.6 Å². The fourth-order valence-corrected chi connectivity index (χ4v) is 3.15. The van der Waals surface area contributed by atoms with E-state index in [2.05, 4.69) is 10.3 Å². The summed E-state index contributed by atoms with van der Waals surface area (Å²) in [4.78, 5) is 17.3. The van der Waals surface area contributed by atoms with Gasteiger partial charge in [0.1, 0.15) is 11.5 Å². The molecule has 0 heterocycles. The summed E-state index contributed by atoms with van der Waals surface area (Å²) in [5, 5.41) is 13.7. The number of nitrogen functional groups attached to an aromatic ring is 2. The first-order chi connectivity index (χ1) is 13.6. The molecule has 6 nitrogen and oxygen atoms in total. The number of allylic oxidation sites excluding steroid dienone is 2. The second-order valence-corrected chi connectivity index (χ2v) is 7.36. The van der Waals surface area contributed by atoms with Gasteiger partial charge >= 0.3 is 0 Å². The van der Waals surface area contributed by atoms with Crippen LogP contribution in [0.3, 0.4) is 0 Å². The number of carbonyl (C=O) groups excluding carboxylic acids is 1. The van der Waals surface area contributed by atoms with E-state index in [1.807, 2.05) is 33.8 Å². The summed E-state index contributed by atoms with van der Waals surface area (Å²) in [6, 6.07) is 7.22. The van der Waals surface area contributed by atoms with Crippen molar-refractivity contribution in [3.63, 3.8) is 0 Å². The van der Waals surface area contributed by atoms with E-state index >= 15 is 0 Å². The molecule has 6 heteroatoms. The van der Waals surface area contributed by atoms with Gasteiger partial charge in [0.25, 0.3) is 0 Å². The molecule has 0 amide bonds. The molecule has 0 saturated heterocycles. The fourth-order valence-electron chi connectivity index (χ4n) is 3.15. The normalized spacial score (nSPS) is 15.7. The molecule has 1 aliphatic carbocycles. The molecule has 0 aromatic heterocycles. The first kappa shape index (κ1) is 20.2. The van der Waals surface area contributed by atoms with Crippen molar-refractivity contribution in [2.24, 2.45) is 4.99 Å². The van der Waals surface area contributed by atoms with Gasteiger partial charge in [-0.05, 0) is 87.2 Å². The lowest BCUT2D eigenvalue weighted by Gasteiger charge is -2.19. The van der Waals surface area contributed by atoms with Gasteiger partial charge in [-0.2, -0.15) is 0 Å².